The molecule has 116 valence electrons. The van der Waals surface area contributed by atoms with Gasteiger partial charge in [0.15, 0.2) is 0 Å². The predicted molar refractivity (Wildman–Crippen MR) is 67.8 cm³/mol. The largest absolute Gasteiger partial charge is 0.467 e. The number of sulfonamides is 1. The highest BCUT2D eigenvalue weighted by molar-refractivity contribution is 7.89. The Morgan fingerprint density at radius 3 is 2.19 bits per heavy atom. The topological polar surface area (TPSA) is 72.5 Å². The number of halogens is 3. The van der Waals surface area contributed by atoms with Crippen LogP contribution in [0.1, 0.15) is 0 Å². The molecule has 0 aromatic heterocycles. The lowest BCUT2D eigenvalue weighted by atomic mass is 10.0. The van der Waals surface area contributed by atoms with Crippen molar-refractivity contribution in [2.24, 2.45) is 0 Å². The van der Waals surface area contributed by atoms with Gasteiger partial charge in [-0.1, -0.05) is 24.3 Å². The number of nitrogens with one attached hydrogen (secondary N) is 1. The van der Waals surface area contributed by atoms with E-state index in [4.69, 9.17) is 0 Å². The normalized spacial score (nSPS) is 15.0. The van der Waals surface area contributed by atoms with Gasteiger partial charge in [0.25, 0.3) is 0 Å². The molecule has 1 atom stereocenters. The van der Waals surface area contributed by atoms with Gasteiger partial charge in [-0.15, -0.1) is 6.58 Å². The van der Waals surface area contributed by atoms with Crippen LogP contribution in [-0.2, 0) is 19.6 Å². The Balaban J connectivity index is 3.38. The van der Waals surface area contributed by atoms with Crippen molar-refractivity contribution in [3.8, 4) is 0 Å². The van der Waals surface area contributed by atoms with Gasteiger partial charge in [-0.3, -0.25) is 0 Å². The van der Waals surface area contributed by atoms with Crippen LogP contribution in [0.3, 0.4) is 0 Å². The maximum atomic E-state index is 13.2. The number of carbonyl (C=O) groups excluding carboxylic acids is 1. The fourth-order valence-electron chi connectivity index (χ4n) is 1.49. The number of rotatable bonds is 5. The molecule has 1 unspecified atom stereocenters. The maximum absolute atomic E-state index is 13.2. The van der Waals surface area contributed by atoms with Crippen molar-refractivity contribution in [2.75, 3.05) is 7.11 Å². The van der Waals surface area contributed by atoms with E-state index in [1.54, 1.807) is 0 Å². The zero-order valence-electron chi connectivity index (χ0n) is 10.8. The van der Waals surface area contributed by atoms with Crippen LogP contribution >= 0.6 is 0 Å². The summed E-state index contributed by atoms with van der Waals surface area (Å²) >= 11 is 0. The molecule has 0 saturated heterocycles. The average molecular weight is 323 g/mol. The fraction of sp³-hybridized carbons (Fsp3) is 0.250. The van der Waals surface area contributed by atoms with Crippen LogP contribution in [0, 0.1) is 0 Å². The molecule has 1 rings (SSSR count). The first-order chi connectivity index (χ1) is 9.60. The average Bonchev–Trinajstić information content (AvgIpc) is 2.43. The standard InChI is InChI=1S/C12H12F3NO4S/c1-3-11(10(17)20-2,12(13,14)15)16-21(18,19)9-7-5-4-6-8-9/h3-8,16H,1H2,2H3. The zero-order valence-corrected chi connectivity index (χ0v) is 11.7. The van der Waals surface area contributed by atoms with Crippen LogP contribution in [0.4, 0.5) is 13.2 Å². The molecule has 1 aromatic carbocycles. The number of ether oxygens (including phenoxy) is 1. The number of methoxy groups -OCH3 is 1. The molecule has 21 heavy (non-hydrogen) atoms. The molecule has 0 aliphatic heterocycles. The number of hydrogen-bond acceptors (Lipinski definition) is 4. The SMILES string of the molecule is C=CC(NS(=O)(=O)c1ccccc1)(C(=O)OC)C(F)(F)F. The van der Waals surface area contributed by atoms with Gasteiger partial charge >= 0.3 is 12.1 Å². The maximum Gasteiger partial charge on any atom is 0.422 e. The Morgan fingerprint density at radius 1 is 1.29 bits per heavy atom. The Morgan fingerprint density at radius 2 is 1.81 bits per heavy atom. The molecule has 0 bridgehead atoms. The smallest absolute Gasteiger partial charge is 0.422 e. The van der Waals surface area contributed by atoms with Gasteiger partial charge in [-0.2, -0.15) is 17.9 Å². The molecule has 9 heteroatoms. The third-order valence-electron chi connectivity index (χ3n) is 2.61. The van der Waals surface area contributed by atoms with Gasteiger partial charge in [-0.25, -0.2) is 13.2 Å². The molecular weight excluding hydrogens is 311 g/mol. The molecule has 0 heterocycles. The molecule has 0 radical (unpaired) electrons. The molecular formula is C12H12F3NO4S. The van der Waals surface area contributed by atoms with Crippen molar-refractivity contribution in [3.05, 3.63) is 43.0 Å². The summed E-state index contributed by atoms with van der Waals surface area (Å²) in [6, 6.07) is 6.32. The summed E-state index contributed by atoms with van der Waals surface area (Å²) in [6.07, 6.45) is -5.11. The van der Waals surface area contributed by atoms with E-state index in [0.717, 1.165) is 12.1 Å². The van der Waals surface area contributed by atoms with Crippen LogP contribution < -0.4 is 4.72 Å². The number of esters is 1. The van der Waals surface area contributed by atoms with Crippen LogP contribution in [0.25, 0.3) is 0 Å². The Labute approximate surface area is 119 Å². The van der Waals surface area contributed by atoms with E-state index in [0.29, 0.717) is 7.11 Å². The molecule has 0 fully saturated rings. The molecule has 1 N–H and O–H groups in total. The van der Waals surface area contributed by atoms with Gasteiger partial charge in [-0.05, 0) is 12.1 Å². The van der Waals surface area contributed by atoms with Crippen molar-refractivity contribution in [3.63, 3.8) is 0 Å². The fourth-order valence-corrected chi connectivity index (χ4v) is 2.83. The van der Waals surface area contributed by atoms with E-state index < -0.39 is 32.6 Å². The lowest BCUT2D eigenvalue weighted by Crippen LogP contribution is -2.62. The van der Waals surface area contributed by atoms with E-state index in [1.165, 1.54) is 22.9 Å². The molecule has 0 saturated carbocycles. The van der Waals surface area contributed by atoms with Gasteiger partial charge in [0.05, 0.1) is 12.0 Å². The summed E-state index contributed by atoms with van der Waals surface area (Å²) in [7, 11) is -3.90. The Hall–Kier alpha value is -1.87. The highest BCUT2D eigenvalue weighted by atomic mass is 32.2. The summed E-state index contributed by atoms with van der Waals surface area (Å²) in [5, 5.41) is 0. The number of carbonyl (C=O) groups is 1. The summed E-state index contributed by atoms with van der Waals surface area (Å²) in [6.45, 7) is 2.90. The monoisotopic (exact) mass is 323 g/mol. The molecule has 5 nitrogen and oxygen atoms in total. The van der Waals surface area contributed by atoms with Crippen LogP contribution in [0.5, 0.6) is 0 Å². The lowest BCUT2D eigenvalue weighted by Gasteiger charge is -2.30. The minimum absolute atomic E-state index is 0.152. The van der Waals surface area contributed by atoms with Crippen LogP contribution in [0.15, 0.2) is 47.9 Å². The summed E-state index contributed by atoms with van der Waals surface area (Å²) in [4.78, 5) is 11.1. The van der Waals surface area contributed by atoms with Gasteiger partial charge in [0.2, 0.25) is 15.6 Å². The van der Waals surface area contributed by atoms with Crippen LogP contribution in [-0.4, -0.2) is 33.2 Å². The minimum atomic E-state index is -5.26. The molecule has 0 amide bonds. The second-order valence-electron chi connectivity index (χ2n) is 3.92. The quantitative estimate of drug-likeness (QED) is 0.660. The predicted octanol–water partition coefficient (Wildman–Crippen LogP) is 1.63. The Kier molecular flexibility index (Phi) is 4.79. The first kappa shape index (κ1) is 17.2. The molecule has 0 aliphatic rings. The minimum Gasteiger partial charge on any atom is -0.467 e. The van der Waals surface area contributed by atoms with E-state index >= 15 is 0 Å². The van der Waals surface area contributed by atoms with Crippen LogP contribution in [0.2, 0.25) is 0 Å². The van der Waals surface area contributed by atoms with Crippen molar-refractivity contribution in [1.29, 1.82) is 0 Å². The van der Waals surface area contributed by atoms with Crippen molar-refractivity contribution in [2.45, 2.75) is 16.6 Å². The van der Waals surface area contributed by atoms with Gasteiger partial charge in [0.1, 0.15) is 0 Å². The van der Waals surface area contributed by atoms with E-state index in [2.05, 4.69) is 11.3 Å². The van der Waals surface area contributed by atoms with Crippen molar-refractivity contribution >= 4 is 16.0 Å². The number of hydrogen-bond donors (Lipinski definition) is 1. The van der Waals surface area contributed by atoms with Crippen molar-refractivity contribution in [1.82, 2.24) is 4.72 Å². The Bertz CT molecular complexity index is 628. The number of alkyl halides is 3. The lowest BCUT2D eigenvalue weighted by molar-refractivity contribution is -0.196. The van der Waals surface area contributed by atoms with E-state index in [9.17, 15) is 26.4 Å². The zero-order chi connectivity index (χ0) is 16.3. The summed E-state index contributed by atoms with van der Waals surface area (Å²) < 4.78 is 68.9. The van der Waals surface area contributed by atoms with E-state index in [-0.39, 0.29) is 6.08 Å². The number of benzene rings is 1. The second-order valence-corrected chi connectivity index (χ2v) is 5.60. The first-order valence-electron chi connectivity index (χ1n) is 5.48. The molecule has 0 spiro atoms. The highest BCUT2D eigenvalue weighted by Crippen LogP contribution is 2.34. The molecule has 0 aliphatic carbocycles. The third kappa shape index (κ3) is 3.24. The van der Waals surface area contributed by atoms with Crippen molar-refractivity contribution < 1.29 is 31.1 Å². The first-order valence-corrected chi connectivity index (χ1v) is 6.97. The summed E-state index contributed by atoms with van der Waals surface area (Å²) in [5.41, 5.74) is -3.56. The second kappa shape index (κ2) is 5.86. The molecule has 1 aromatic rings. The van der Waals surface area contributed by atoms with Gasteiger partial charge in [0, 0.05) is 0 Å². The van der Waals surface area contributed by atoms with Gasteiger partial charge < -0.3 is 4.74 Å². The summed E-state index contributed by atoms with van der Waals surface area (Å²) in [5.74, 6) is -1.83. The third-order valence-corrected chi connectivity index (χ3v) is 4.09. The highest BCUT2D eigenvalue weighted by Gasteiger charge is 2.61. The van der Waals surface area contributed by atoms with E-state index in [1.807, 2.05) is 0 Å².